The summed E-state index contributed by atoms with van der Waals surface area (Å²) in [6.45, 7) is 7.24. The van der Waals surface area contributed by atoms with Crippen LogP contribution in [0.3, 0.4) is 0 Å². The van der Waals surface area contributed by atoms with E-state index in [1.807, 2.05) is 0 Å². The fraction of sp³-hybridized carbons (Fsp3) is 0.467. The Bertz CT molecular complexity index is 268. The fourth-order valence-corrected chi connectivity index (χ4v) is 3.14. The van der Waals surface area contributed by atoms with E-state index in [9.17, 15) is 0 Å². The van der Waals surface area contributed by atoms with Crippen LogP contribution < -0.4 is 0 Å². The van der Waals surface area contributed by atoms with Gasteiger partial charge in [-0.1, -0.05) is 68.2 Å². The smallest absolute Gasteiger partial charge is 0.0557 e. The van der Waals surface area contributed by atoms with Crippen LogP contribution in [0.15, 0.2) is 48.6 Å². The highest BCUT2D eigenvalue weighted by Gasteiger charge is 2.22. The zero-order chi connectivity index (χ0) is 11.9. The summed E-state index contributed by atoms with van der Waals surface area (Å²) in [5.41, 5.74) is 0.779. The highest BCUT2D eigenvalue weighted by atomic mass is 28.3. The monoisotopic (exact) mass is 232 g/mol. The molecule has 88 valence electrons. The summed E-state index contributed by atoms with van der Waals surface area (Å²) in [7, 11) is -0.930. The number of rotatable bonds is 1. The lowest BCUT2D eigenvalue weighted by Crippen LogP contribution is -2.25. The summed E-state index contributed by atoms with van der Waals surface area (Å²) >= 11 is 0. The van der Waals surface area contributed by atoms with Gasteiger partial charge in [-0.25, -0.2) is 0 Å². The van der Waals surface area contributed by atoms with E-state index in [1.165, 1.54) is 0 Å². The fourth-order valence-electron chi connectivity index (χ4n) is 1.71. The first-order valence-corrected chi connectivity index (χ1v) is 9.82. The van der Waals surface area contributed by atoms with E-state index in [0.717, 1.165) is 24.8 Å². The third-order valence-corrected chi connectivity index (χ3v) is 5.22. The average Bonchev–Trinajstić information content (AvgIpc) is 2.32. The lowest BCUT2D eigenvalue weighted by atomic mass is 10.2. The molecule has 0 N–H and O–H groups in total. The third kappa shape index (κ3) is 5.31. The standard InChI is InChI=1S/C9H16Si.C6H8/c1-10(2,3)9-7-5-4-6-8-9;1-2-4-6-5-3-1/h5-9H,4H2,1-3H3;1-2,5-6H,3-4H2. The maximum atomic E-state index is 2.41. The van der Waals surface area contributed by atoms with Gasteiger partial charge in [-0.3, -0.25) is 0 Å². The molecule has 2 rings (SSSR count). The van der Waals surface area contributed by atoms with Crippen molar-refractivity contribution in [1.82, 2.24) is 0 Å². The topological polar surface area (TPSA) is 0 Å². The van der Waals surface area contributed by atoms with E-state index < -0.39 is 8.07 Å². The second-order valence-electron chi connectivity index (χ2n) is 5.40. The Morgan fingerprint density at radius 3 is 1.31 bits per heavy atom. The molecule has 0 aromatic heterocycles. The van der Waals surface area contributed by atoms with Gasteiger partial charge in [0.05, 0.1) is 8.07 Å². The van der Waals surface area contributed by atoms with Crippen molar-refractivity contribution in [1.29, 1.82) is 0 Å². The molecule has 0 heterocycles. The normalized spacial score (nSPS) is 19.4. The van der Waals surface area contributed by atoms with Crippen molar-refractivity contribution >= 4 is 8.07 Å². The largest absolute Gasteiger partial charge is 0.0845 e. The summed E-state index contributed by atoms with van der Waals surface area (Å²) in [6, 6.07) is 0. The van der Waals surface area contributed by atoms with E-state index in [0.29, 0.717) is 0 Å². The minimum atomic E-state index is -0.930. The predicted molar refractivity (Wildman–Crippen MR) is 77.5 cm³/mol. The van der Waals surface area contributed by atoms with Gasteiger partial charge in [0.15, 0.2) is 0 Å². The second-order valence-corrected chi connectivity index (χ2v) is 10.8. The van der Waals surface area contributed by atoms with Crippen LogP contribution in [0.2, 0.25) is 25.2 Å². The summed E-state index contributed by atoms with van der Waals surface area (Å²) in [5.74, 6) is 0. The predicted octanol–water partition coefficient (Wildman–Crippen LogP) is 5.10. The Balaban J connectivity index is 0.000000181. The molecule has 0 nitrogen and oxygen atoms in total. The Morgan fingerprint density at radius 1 is 0.688 bits per heavy atom. The molecule has 0 spiro atoms. The van der Waals surface area contributed by atoms with E-state index in [1.54, 1.807) is 0 Å². The maximum absolute atomic E-state index is 2.41. The minimum Gasteiger partial charge on any atom is -0.0845 e. The van der Waals surface area contributed by atoms with E-state index in [4.69, 9.17) is 0 Å². The molecular formula is C15H24Si. The molecule has 1 heteroatoms. The van der Waals surface area contributed by atoms with Crippen molar-refractivity contribution in [2.75, 3.05) is 0 Å². The van der Waals surface area contributed by atoms with Crippen LogP contribution in [-0.4, -0.2) is 8.07 Å². The molecule has 0 fully saturated rings. The molecule has 0 aromatic rings. The van der Waals surface area contributed by atoms with Crippen molar-refractivity contribution in [3.8, 4) is 0 Å². The van der Waals surface area contributed by atoms with Crippen LogP contribution in [0.4, 0.5) is 0 Å². The van der Waals surface area contributed by atoms with Crippen molar-refractivity contribution in [2.24, 2.45) is 0 Å². The van der Waals surface area contributed by atoms with Crippen LogP contribution in [0.5, 0.6) is 0 Å². The van der Waals surface area contributed by atoms with Gasteiger partial charge in [-0.05, 0) is 24.8 Å². The van der Waals surface area contributed by atoms with Gasteiger partial charge in [-0.15, -0.1) is 0 Å². The molecule has 0 amide bonds. The minimum absolute atomic E-state index is 0.779. The maximum Gasteiger partial charge on any atom is 0.0557 e. The van der Waals surface area contributed by atoms with E-state index in [-0.39, 0.29) is 0 Å². The first-order valence-electron chi connectivity index (χ1n) is 6.24. The summed E-state index contributed by atoms with van der Waals surface area (Å²) < 4.78 is 0. The highest BCUT2D eigenvalue weighted by molar-refractivity contribution is 6.78. The molecule has 0 bridgehead atoms. The zero-order valence-corrected chi connectivity index (χ0v) is 11.8. The van der Waals surface area contributed by atoms with Crippen LogP contribution >= 0.6 is 0 Å². The number of hydrogen-bond donors (Lipinski definition) is 0. The van der Waals surface area contributed by atoms with Crippen LogP contribution in [-0.2, 0) is 0 Å². The highest BCUT2D eigenvalue weighted by Crippen LogP contribution is 2.27. The molecule has 2 aliphatic carbocycles. The van der Waals surface area contributed by atoms with Crippen LogP contribution in [0.1, 0.15) is 19.3 Å². The second kappa shape index (κ2) is 6.69. The van der Waals surface area contributed by atoms with Crippen molar-refractivity contribution in [3.63, 3.8) is 0 Å². The molecule has 16 heavy (non-hydrogen) atoms. The molecule has 2 aliphatic rings. The van der Waals surface area contributed by atoms with Gasteiger partial charge in [0.1, 0.15) is 0 Å². The third-order valence-electron chi connectivity index (χ3n) is 2.84. The molecule has 0 saturated heterocycles. The van der Waals surface area contributed by atoms with Crippen LogP contribution in [0, 0.1) is 0 Å². The molecule has 0 atom stereocenters. The SMILES string of the molecule is C1=CCC=CC1.C[Si](C)(C)C1C=CCC=C1. The van der Waals surface area contributed by atoms with Crippen molar-refractivity contribution < 1.29 is 0 Å². The Hall–Kier alpha value is -0.823. The van der Waals surface area contributed by atoms with Gasteiger partial charge in [0.2, 0.25) is 0 Å². The van der Waals surface area contributed by atoms with Gasteiger partial charge in [-0.2, -0.15) is 0 Å². The first kappa shape index (κ1) is 13.2. The lowest BCUT2D eigenvalue weighted by Gasteiger charge is -2.24. The van der Waals surface area contributed by atoms with Crippen molar-refractivity contribution in [2.45, 2.75) is 44.4 Å². The van der Waals surface area contributed by atoms with Gasteiger partial charge >= 0.3 is 0 Å². The molecule has 0 aromatic carbocycles. The van der Waals surface area contributed by atoms with Gasteiger partial charge in [0, 0.05) is 0 Å². The molecule has 0 saturated carbocycles. The average molecular weight is 232 g/mol. The van der Waals surface area contributed by atoms with E-state index in [2.05, 4.69) is 68.2 Å². The number of hydrogen-bond acceptors (Lipinski definition) is 0. The Labute approximate surface area is 101 Å². The summed E-state index contributed by atoms with van der Waals surface area (Å²) in [5, 5.41) is 0. The molecule has 0 radical (unpaired) electrons. The molecule has 0 aliphatic heterocycles. The van der Waals surface area contributed by atoms with Crippen LogP contribution in [0.25, 0.3) is 0 Å². The Kier molecular flexibility index (Phi) is 5.54. The van der Waals surface area contributed by atoms with Crippen molar-refractivity contribution in [3.05, 3.63) is 48.6 Å². The summed E-state index contributed by atoms with van der Waals surface area (Å²) in [6.07, 6.45) is 21.4. The van der Waals surface area contributed by atoms with Gasteiger partial charge < -0.3 is 0 Å². The summed E-state index contributed by atoms with van der Waals surface area (Å²) in [4.78, 5) is 0. The quantitative estimate of drug-likeness (QED) is 0.435. The molecular weight excluding hydrogens is 208 g/mol. The van der Waals surface area contributed by atoms with Gasteiger partial charge in [0.25, 0.3) is 0 Å². The lowest BCUT2D eigenvalue weighted by molar-refractivity contribution is 1.17. The first-order chi connectivity index (χ1) is 7.61. The van der Waals surface area contributed by atoms with E-state index >= 15 is 0 Å². The number of allylic oxidation sites excluding steroid dienone is 8. The molecule has 0 unspecified atom stereocenters. The Morgan fingerprint density at radius 2 is 1.06 bits per heavy atom. The zero-order valence-electron chi connectivity index (χ0n) is 10.8.